The minimum Gasteiger partial charge on any atom is -0.333 e. The number of carbonyl (C=O) groups is 1. The number of carbonyl (C=O) groups excluding carboxylic acids is 1. The van der Waals surface area contributed by atoms with E-state index in [9.17, 15) is 14.9 Å². The number of piperazine rings is 1. The fourth-order valence-corrected chi connectivity index (χ4v) is 2.62. The van der Waals surface area contributed by atoms with E-state index in [-0.39, 0.29) is 17.6 Å². The van der Waals surface area contributed by atoms with Crippen LogP contribution in [0.1, 0.15) is 17.3 Å². The molecule has 0 bridgehead atoms. The van der Waals surface area contributed by atoms with Gasteiger partial charge in [0.15, 0.2) is 0 Å². The first kappa shape index (κ1) is 14.0. The molecular formula is C12H14BrN3O3. The van der Waals surface area contributed by atoms with Crippen LogP contribution in [0.4, 0.5) is 5.69 Å². The fourth-order valence-electron chi connectivity index (χ4n) is 2.09. The van der Waals surface area contributed by atoms with Crippen molar-refractivity contribution in [1.29, 1.82) is 0 Å². The van der Waals surface area contributed by atoms with Crippen molar-refractivity contribution in [1.82, 2.24) is 10.2 Å². The Morgan fingerprint density at radius 2 is 2.32 bits per heavy atom. The predicted molar refractivity (Wildman–Crippen MR) is 74.2 cm³/mol. The van der Waals surface area contributed by atoms with Gasteiger partial charge in [-0.05, 0) is 28.9 Å². The molecular weight excluding hydrogens is 314 g/mol. The predicted octanol–water partition coefficient (Wildman–Crippen LogP) is 1.79. The van der Waals surface area contributed by atoms with Gasteiger partial charge in [0.2, 0.25) is 0 Å². The van der Waals surface area contributed by atoms with Gasteiger partial charge in [0.1, 0.15) is 0 Å². The Labute approximate surface area is 119 Å². The summed E-state index contributed by atoms with van der Waals surface area (Å²) in [6, 6.07) is 4.33. The molecule has 7 heteroatoms. The number of nitrogens with zero attached hydrogens (tertiary/aromatic N) is 2. The molecule has 0 spiro atoms. The summed E-state index contributed by atoms with van der Waals surface area (Å²) < 4.78 is 0.456. The highest BCUT2D eigenvalue weighted by atomic mass is 79.9. The second-order valence-corrected chi connectivity index (χ2v) is 5.33. The normalized spacial score (nSPS) is 19.3. The number of nitro benzene ring substituents is 1. The third-order valence-corrected chi connectivity index (χ3v) is 3.81. The van der Waals surface area contributed by atoms with Gasteiger partial charge in [-0.1, -0.05) is 0 Å². The first-order chi connectivity index (χ1) is 9.00. The summed E-state index contributed by atoms with van der Waals surface area (Å²) >= 11 is 3.24. The van der Waals surface area contributed by atoms with Crippen LogP contribution in [-0.4, -0.2) is 41.4 Å². The smallest absolute Gasteiger partial charge is 0.270 e. The molecule has 102 valence electrons. The van der Waals surface area contributed by atoms with Crippen molar-refractivity contribution in [2.45, 2.75) is 13.0 Å². The molecule has 0 radical (unpaired) electrons. The number of halogens is 1. The summed E-state index contributed by atoms with van der Waals surface area (Å²) in [7, 11) is 0. The van der Waals surface area contributed by atoms with Gasteiger partial charge in [0.25, 0.3) is 11.6 Å². The molecule has 1 N–H and O–H groups in total. The molecule has 6 nitrogen and oxygen atoms in total. The van der Waals surface area contributed by atoms with Crippen molar-refractivity contribution in [2.24, 2.45) is 0 Å². The SMILES string of the molecule is C[C@H]1CNCCN1C(=O)c1ccc([N+](=O)[O-])cc1Br. The lowest BCUT2D eigenvalue weighted by atomic mass is 10.1. The summed E-state index contributed by atoms with van der Waals surface area (Å²) in [6.07, 6.45) is 0. The Balaban J connectivity index is 2.26. The van der Waals surface area contributed by atoms with Crippen molar-refractivity contribution in [3.05, 3.63) is 38.3 Å². The van der Waals surface area contributed by atoms with E-state index in [1.165, 1.54) is 18.2 Å². The van der Waals surface area contributed by atoms with Crippen LogP contribution in [-0.2, 0) is 0 Å². The van der Waals surface area contributed by atoms with Crippen molar-refractivity contribution >= 4 is 27.5 Å². The Kier molecular flexibility index (Phi) is 4.16. The molecule has 1 aromatic rings. The lowest BCUT2D eigenvalue weighted by Gasteiger charge is -2.34. The van der Waals surface area contributed by atoms with Crippen LogP contribution >= 0.6 is 15.9 Å². The highest BCUT2D eigenvalue weighted by Gasteiger charge is 2.26. The zero-order valence-electron chi connectivity index (χ0n) is 10.4. The van der Waals surface area contributed by atoms with Gasteiger partial charge >= 0.3 is 0 Å². The van der Waals surface area contributed by atoms with Gasteiger partial charge in [-0.3, -0.25) is 14.9 Å². The monoisotopic (exact) mass is 327 g/mol. The van der Waals surface area contributed by atoms with E-state index in [2.05, 4.69) is 21.2 Å². The van der Waals surface area contributed by atoms with E-state index in [1.54, 1.807) is 4.90 Å². The molecule has 2 rings (SSSR count). The van der Waals surface area contributed by atoms with Crippen LogP contribution in [0.5, 0.6) is 0 Å². The van der Waals surface area contributed by atoms with Gasteiger partial charge in [0.05, 0.1) is 10.5 Å². The van der Waals surface area contributed by atoms with Gasteiger partial charge in [0, 0.05) is 42.3 Å². The summed E-state index contributed by atoms with van der Waals surface area (Å²) in [5.41, 5.74) is 0.427. The molecule has 1 heterocycles. The van der Waals surface area contributed by atoms with Crippen LogP contribution in [0.15, 0.2) is 22.7 Å². The zero-order chi connectivity index (χ0) is 14.0. The largest absolute Gasteiger partial charge is 0.333 e. The number of amides is 1. The number of hydrogen-bond acceptors (Lipinski definition) is 4. The number of nitrogens with one attached hydrogen (secondary N) is 1. The number of hydrogen-bond donors (Lipinski definition) is 1. The Morgan fingerprint density at radius 3 is 2.89 bits per heavy atom. The molecule has 19 heavy (non-hydrogen) atoms. The fraction of sp³-hybridized carbons (Fsp3) is 0.417. The summed E-state index contributed by atoms with van der Waals surface area (Å²) in [6.45, 7) is 4.14. The van der Waals surface area contributed by atoms with Crippen LogP contribution in [0.25, 0.3) is 0 Å². The van der Waals surface area contributed by atoms with Crippen molar-refractivity contribution in [3.63, 3.8) is 0 Å². The van der Waals surface area contributed by atoms with Crippen molar-refractivity contribution in [2.75, 3.05) is 19.6 Å². The molecule has 0 aliphatic carbocycles. The van der Waals surface area contributed by atoms with E-state index in [1.807, 2.05) is 6.92 Å². The zero-order valence-corrected chi connectivity index (χ0v) is 12.0. The van der Waals surface area contributed by atoms with Gasteiger partial charge in [-0.25, -0.2) is 0 Å². The van der Waals surface area contributed by atoms with Crippen molar-refractivity contribution in [3.8, 4) is 0 Å². The third-order valence-electron chi connectivity index (χ3n) is 3.16. The van der Waals surface area contributed by atoms with Gasteiger partial charge in [-0.15, -0.1) is 0 Å². The second kappa shape index (κ2) is 5.66. The summed E-state index contributed by atoms with van der Waals surface area (Å²) in [5.74, 6) is -0.101. The molecule has 1 atom stereocenters. The number of nitro groups is 1. The summed E-state index contributed by atoms with van der Waals surface area (Å²) in [4.78, 5) is 24.4. The lowest BCUT2D eigenvalue weighted by Crippen LogP contribution is -2.52. The molecule has 1 aromatic carbocycles. The van der Waals surface area contributed by atoms with Gasteiger partial charge < -0.3 is 10.2 Å². The van der Waals surface area contributed by atoms with Gasteiger partial charge in [-0.2, -0.15) is 0 Å². The third kappa shape index (κ3) is 2.93. The van der Waals surface area contributed by atoms with E-state index < -0.39 is 4.92 Å². The molecule has 1 aliphatic heterocycles. The van der Waals surface area contributed by atoms with Crippen molar-refractivity contribution < 1.29 is 9.72 Å². The van der Waals surface area contributed by atoms with Crippen LogP contribution in [0.2, 0.25) is 0 Å². The number of benzene rings is 1. The van der Waals surface area contributed by atoms with E-state index in [4.69, 9.17) is 0 Å². The molecule has 0 saturated carbocycles. The Morgan fingerprint density at radius 1 is 1.58 bits per heavy atom. The molecule has 1 amide bonds. The molecule has 1 fully saturated rings. The minimum absolute atomic E-state index is 0.0308. The maximum absolute atomic E-state index is 12.4. The molecule has 0 aromatic heterocycles. The van der Waals surface area contributed by atoms with Crippen LogP contribution in [0, 0.1) is 10.1 Å². The maximum atomic E-state index is 12.4. The standard InChI is InChI=1S/C12H14BrN3O3/c1-8-7-14-4-5-15(8)12(17)10-3-2-9(16(18)19)6-11(10)13/h2-3,6,8,14H,4-5,7H2,1H3/t8-/m0/s1. The highest BCUT2D eigenvalue weighted by molar-refractivity contribution is 9.10. The second-order valence-electron chi connectivity index (χ2n) is 4.47. The van der Waals surface area contributed by atoms with E-state index in [0.29, 0.717) is 16.6 Å². The number of rotatable bonds is 2. The molecule has 0 unspecified atom stereocenters. The molecule has 1 aliphatic rings. The van der Waals surface area contributed by atoms with Crippen LogP contribution in [0.3, 0.4) is 0 Å². The quantitative estimate of drug-likeness (QED) is 0.663. The maximum Gasteiger partial charge on any atom is 0.270 e. The van der Waals surface area contributed by atoms with E-state index >= 15 is 0 Å². The van der Waals surface area contributed by atoms with Crippen LogP contribution < -0.4 is 5.32 Å². The summed E-state index contributed by atoms with van der Waals surface area (Å²) in [5, 5.41) is 13.9. The number of non-ortho nitro benzene ring substituents is 1. The Hall–Kier alpha value is -1.47. The topological polar surface area (TPSA) is 75.5 Å². The highest BCUT2D eigenvalue weighted by Crippen LogP contribution is 2.25. The average molecular weight is 328 g/mol. The average Bonchev–Trinajstić information content (AvgIpc) is 2.38. The first-order valence-electron chi connectivity index (χ1n) is 5.96. The molecule has 1 saturated heterocycles. The van der Waals surface area contributed by atoms with E-state index in [0.717, 1.165) is 13.1 Å². The minimum atomic E-state index is -0.480. The Bertz CT molecular complexity index is 521. The first-order valence-corrected chi connectivity index (χ1v) is 6.75. The lowest BCUT2D eigenvalue weighted by molar-refractivity contribution is -0.384.